The van der Waals surface area contributed by atoms with Crippen LogP contribution < -0.4 is 20.1 Å². The van der Waals surface area contributed by atoms with E-state index in [-0.39, 0.29) is 21.9 Å². The number of carbonyl (C=O) groups is 1. The van der Waals surface area contributed by atoms with Gasteiger partial charge in [0.25, 0.3) is 15.9 Å². The minimum absolute atomic E-state index is 0.0319. The van der Waals surface area contributed by atoms with Crippen LogP contribution in [0.2, 0.25) is 0 Å². The first-order valence-corrected chi connectivity index (χ1v) is 14.7. The molecule has 1 aliphatic heterocycles. The van der Waals surface area contributed by atoms with Crippen LogP contribution in [0.3, 0.4) is 0 Å². The second-order valence-electron chi connectivity index (χ2n) is 10.3. The third-order valence-electron chi connectivity index (χ3n) is 7.31. The van der Waals surface area contributed by atoms with Gasteiger partial charge in [0, 0.05) is 36.0 Å². The van der Waals surface area contributed by atoms with E-state index in [1.807, 2.05) is 19.9 Å². The molecule has 3 N–H and O–H groups in total. The number of nitrogens with zero attached hydrogens (tertiary/aromatic N) is 4. The van der Waals surface area contributed by atoms with Crippen LogP contribution in [0.5, 0.6) is 5.88 Å². The van der Waals surface area contributed by atoms with Crippen molar-refractivity contribution in [1.82, 2.24) is 19.7 Å². The van der Waals surface area contributed by atoms with E-state index in [0.29, 0.717) is 49.7 Å². The number of anilines is 2. The van der Waals surface area contributed by atoms with Crippen LogP contribution in [0.1, 0.15) is 50.0 Å². The van der Waals surface area contributed by atoms with Gasteiger partial charge < -0.3 is 20.1 Å². The van der Waals surface area contributed by atoms with E-state index in [0.717, 1.165) is 17.5 Å². The average Bonchev–Trinajstić information content (AvgIpc) is 3.18. The summed E-state index contributed by atoms with van der Waals surface area (Å²) < 4.78 is 39.1. The monoisotopic (exact) mass is 568 g/mol. The quantitative estimate of drug-likeness (QED) is 0.347. The Bertz CT molecular complexity index is 1490. The number of nitrogen functional groups attached to an aromatic ring is 1. The van der Waals surface area contributed by atoms with Gasteiger partial charge in [-0.2, -0.15) is 8.42 Å². The van der Waals surface area contributed by atoms with Crippen LogP contribution in [0.15, 0.2) is 47.6 Å². The third-order valence-corrected chi connectivity index (χ3v) is 8.54. The number of nitrogens with two attached hydrogens (primary N) is 1. The Morgan fingerprint density at radius 3 is 2.62 bits per heavy atom. The van der Waals surface area contributed by atoms with Gasteiger partial charge in [0.15, 0.2) is 5.03 Å². The molecule has 3 aromatic rings. The Hall–Kier alpha value is -3.77. The molecule has 0 saturated carbocycles. The molecule has 0 spiro atoms. The Balaban J connectivity index is 1.69. The van der Waals surface area contributed by atoms with Gasteiger partial charge in [0.05, 0.1) is 17.9 Å². The van der Waals surface area contributed by atoms with Crippen molar-refractivity contribution in [2.24, 2.45) is 5.92 Å². The number of nitrogens with one attached hydrogen (secondary N) is 1. The highest BCUT2D eigenvalue weighted by atomic mass is 32.2. The van der Waals surface area contributed by atoms with Crippen LogP contribution in [0, 0.1) is 12.8 Å². The lowest BCUT2D eigenvalue weighted by Gasteiger charge is -2.36. The Morgan fingerprint density at radius 1 is 1.20 bits per heavy atom. The molecule has 0 radical (unpaired) electrons. The van der Waals surface area contributed by atoms with Crippen molar-refractivity contribution in [3.8, 4) is 17.1 Å². The fourth-order valence-corrected chi connectivity index (χ4v) is 5.55. The van der Waals surface area contributed by atoms with Crippen LogP contribution in [-0.2, 0) is 14.8 Å². The number of aryl methyl sites for hydroxylation is 1. The first-order chi connectivity index (χ1) is 18.9. The lowest BCUT2D eigenvalue weighted by Crippen LogP contribution is -2.43. The maximum absolute atomic E-state index is 13.4. The van der Waals surface area contributed by atoms with Crippen LogP contribution in [0.4, 0.5) is 11.6 Å². The Labute approximate surface area is 235 Å². The van der Waals surface area contributed by atoms with Crippen molar-refractivity contribution >= 4 is 27.6 Å². The number of aromatic nitrogens is 3. The van der Waals surface area contributed by atoms with E-state index in [9.17, 15) is 13.2 Å². The van der Waals surface area contributed by atoms with Crippen molar-refractivity contribution in [2.45, 2.75) is 51.6 Å². The van der Waals surface area contributed by atoms with Crippen molar-refractivity contribution < 1.29 is 22.7 Å². The largest absolute Gasteiger partial charge is 0.475 e. The Morgan fingerprint density at radius 2 is 1.98 bits per heavy atom. The summed E-state index contributed by atoms with van der Waals surface area (Å²) in [5.74, 6) is 0.459. The number of carbonyl (C=O) groups excluding carboxylic acids is 1. The van der Waals surface area contributed by atoms with Crippen LogP contribution in [0.25, 0.3) is 11.3 Å². The predicted molar refractivity (Wildman–Crippen MR) is 153 cm³/mol. The van der Waals surface area contributed by atoms with Crippen molar-refractivity contribution in [1.29, 1.82) is 0 Å². The number of ether oxygens (including phenoxy) is 2. The lowest BCUT2D eigenvalue weighted by molar-refractivity contribution is 0.0981. The normalized spacial score (nSPS) is 16.6. The minimum atomic E-state index is -4.26. The summed E-state index contributed by atoms with van der Waals surface area (Å²) in [7, 11) is -4.26. The summed E-state index contributed by atoms with van der Waals surface area (Å²) >= 11 is 0. The molecule has 1 saturated heterocycles. The van der Waals surface area contributed by atoms with Crippen molar-refractivity contribution in [3.05, 3.63) is 53.7 Å². The number of hydrogen-bond acceptors (Lipinski definition) is 10. The summed E-state index contributed by atoms with van der Waals surface area (Å²) in [5.41, 5.74) is 7.64. The molecular formula is C28H36N6O5S. The zero-order chi connectivity index (χ0) is 29.1. The molecule has 3 aromatic heterocycles. The van der Waals surface area contributed by atoms with Crippen LogP contribution in [-0.4, -0.2) is 61.2 Å². The molecule has 4 heterocycles. The molecule has 214 valence electrons. The van der Waals surface area contributed by atoms with E-state index in [1.165, 1.54) is 18.2 Å². The first-order valence-electron chi connectivity index (χ1n) is 13.2. The topological polar surface area (TPSA) is 150 Å². The maximum Gasteiger partial charge on any atom is 0.281 e. The fourth-order valence-electron chi connectivity index (χ4n) is 4.61. The molecule has 4 rings (SSSR count). The van der Waals surface area contributed by atoms with E-state index >= 15 is 0 Å². The molecule has 1 aliphatic rings. The van der Waals surface area contributed by atoms with Crippen molar-refractivity contribution in [2.75, 3.05) is 37.0 Å². The molecule has 11 nitrogen and oxygen atoms in total. The zero-order valence-electron chi connectivity index (χ0n) is 23.5. The van der Waals surface area contributed by atoms with Gasteiger partial charge in [-0.05, 0) is 70.4 Å². The van der Waals surface area contributed by atoms with Gasteiger partial charge in [0.1, 0.15) is 18.2 Å². The summed E-state index contributed by atoms with van der Waals surface area (Å²) in [4.78, 5) is 28.7. The molecular weight excluding hydrogens is 532 g/mol. The number of sulfonamides is 1. The highest BCUT2D eigenvalue weighted by molar-refractivity contribution is 7.90. The van der Waals surface area contributed by atoms with Gasteiger partial charge in [-0.15, -0.1) is 0 Å². The summed E-state index contributed by atoms with van der Waals surface area (Å²) in [6, 6.07) is 9.40. The maximum atomic E-state index is 13.4. The number of rotatable bonds is 10. The molecule has 40 heavy (non-hydrogen) atoms. The van der Waals surface area contributed by atoms with Crippen molar-refractivity contribution in [3.63, 3.8) is 0 Å². The second kappa shape index (κ2) is 11.8. The highest BCUT2D eigenvalue weighted by Gasteiger charge is 2.41. The van der Waals surface area contributed by atoms with Gasteiger partial charge in [-0.1, -0.05) is 13.0 Å². The minimum Gasteiger partial charge on any atom is -0.475 e. The van der Waals surface area contributed by atoms with E-state index in [2.05, 4.69) is 40.4 Å². The standard InChI is InChI=1S/C28H36N6O5S/c1-6-38-14-15-39-27-18(2)16-20(17-30-27)22-11-10-21(25(31-22)34-13-12-19(3)28(34,4)5)26(35)33-40(36,37)24-9-7-8-23(29)32-24/h7-11,16-17,19H,6,12-15H2,1-5H3,(H2,29,32)(H,33,35). The SMILES string of the molecule is CCOCCOc1ncc(-c2ccc(C(=O)NS(=O)(=O)c3cccc(N)n3)c(N3CCC(C)C3(C)C)n2)cc1C. The second-order valence-corrected chi connectivity index (χ2v) is 11.9. The Kier molecular flexibility index (Phi) is 8.59. The molecule has 1 unspecified atom stereocenters. The van der Waals surface area contributed by atoms with Gasteiger partial charge in [0.2, 0.25) is 5.88 Å². The molecule has 12 heteroatoms. The zero-order valence-corrected chi connectivity index (χ0v) is 24.3. The van der Waals surface area contributed by atoms with E-state index in [4.69, 9.17) is 20.2 Å². The summed E-state index contributed by atoms with van der Waals surface area (Å²) in [6.45, 7) is 12.3. The highest BCUT2D eigenvalue weighted by Crippen LogP contribution is 2.39. The number of amides is 1. The molecule has 1 atom stereocenters. The molecule has 1 amide bonds. The summed E-state index contributed by atoms with van der Waals surface area (Å²) in [6.07, 6.45) is 2.57. The average molecular weight is 569 g/mol. The fraction of sp³-hybridized carbons (Fsp3) is 0.429. The smallest absolute Gasteiger partial charge is 0.281 e. The van der Waals surface area contributed by atoms with E-state index < -0.39 is 15.9 Å². The molecule has 0 aliphatic carbocycles. The number of hydrogen-bond donors (Lipinski definition) is 2. The molecule has 0 bridgehead atoms. The van der Waals surface area contributed by atoms with Gasteiger partial charge >= 0.3 is 0 Å². The predicted octanol–water partition coefficient (Wildman–Crippen LogP) is 3.59. The van der Waals surface area contributed by atoms with Gasteiger partial charge in [-0.3, -0.25) is 4.79 Å². The lowest BCUT2D eigenvalue weighted by atomic mass is 9.90. The van der Waals surface area contributed by atoms with Gasteiger partial charge in [-0.25, -0.2) is 19.7 Å². The molecule has 1 fully saturated rings. The third kappa shape index (κ3) is 6.18. The van der Waals surface area contributed by atoms with E-state index in [1.54, 1.807) is 18.3 Å². The first kappa shape index (κ1) is 29.2. The molecule has 0 aromatic carbocycles. The summed E-state index contributed by atoms with van der Waals surface area (Å²) in [5, 5.41) is -0.341. The van der Waals surface area contributed by atoms with Crippen LogP contribution >= 0.6 is 0 Å². The number of pyridine rings is 3.